The second-order valence-corrected chi connectivity index (χ2v) is 12.5. The summed E-state index contributed by atoms with van der Waals surface area (Å²) in [6, 6.07) is 20.3. The number of para-hydroxylation sites is 2. The van der Waals surface area contributed by atoms with Crippen molar-refractivity contribution in [3.63, 3.8) is 0 Å². The number of carbonyl (C=O) groups excluding carboxylic acids is 2. The van der Waals surface area contributed by atoms with Crippen molar-refractivity contribution in [1.29, 1.82) is 0 Å². The van der Waals surface area contributed by atoms with Gasteiger partial charge in [0.15, 0.2) is 11.6 Å². The quantitative estimate of drug-likeness (QED) is 0.196. The first kappa shape index (κ1) is 31.7. The van der Waals surface area contributed by atoms with Crippen LogP contribution >= 0.6 is 0 Å². The van der Waals surface area contributed by atoms with Crippen LogP contribution in [-0.4, -0.2) is 11.6 Å². The Balaban J connectivity index is 0.00000405. The molecule has 0 spiro atoms. The minimum Gasteiger partial charge on any atom is -0.301 e. The van der Waals surface area contributed by atoms with E-state index in [1.54, 1.807) is 12.1 Å². The van der Waals surface area contributed by atoms with Gasteiger partial charge in [0.2, 0.25) is 0 Å². The Morgan fingerprint density at radius 3 is 1.31 bits per heavy atom. The predicted molar refractivity (Wildman–Crippen MR) is 170 cm³/mol. The maximum Gasteiger partial charge on any atom is 0.193 e. The molecule has 1 heterocycles. The zero-order valence-corrected chi connectivity index (χ0v) is 27.5. The third kappa shape index (κ3) is 5.46. The molecule has 0 radical (unpaired) electrons. The topological polar surface area (TPSA) is 40.6 Å². The SMILES string of the molecule is CC(C)c1cccc(C(C)C)c1N1C=CN(c2c(C(C)C)cccc2C(C)C)C1=C1CC(=O)c2ccccc2C1=O.[Pd]. The van der Waals surface area contributed by atoms with Crippen molar-refractivity contribution in [3.8, 4) is 0 Å². The maximum absolute atomic E-state index is 14.3. The van der Waals surface area contributed by atoms with Crippen molar-refractivity contribution in [1.82, 2.24) is 0 Å². The van der Waals surface area contributed by atoms with Crippen LogP contribution in [0, 0.1) is 0 Å². The minimum atomic E-state index is -0.0739. The van der Waals surface area contributed by atoms with Crippen molar-refractivity contribution in [2.75, 3.05) is 9.80 Å². The van der Waals surface area contributed by atoms with Gasteiger partial charge in [-0.3, -0.25) is 9.59 Å². The average Bonchev–Trinajstić information content (AvgIpc) is 3.38. The van der Waals surface area contributed by atoms with Gasteiger partial charge < -0.3 is 9.80 Å². The molecule has 4 nitrogen and oxygen atoms in total. The van der Waals surface area contributed by atoms with Gasteiger partial charge in [0.1, 0.15) is 5.82 Å². The number of fused-ring (bicyclic) bond motifs is 1. The summed E-state index contributed by atoms with van der Waals surface area (Å²) >= 11 is 0. The van der Waals surface area contributed by atoms with Crippen LogP contribution in [0.4, 0.5) is 11.4 Å². The molecule has 0 aromatic heterocycles. The first-order valence-electron chi connectivity index (χ1n) is 14.9. The molecule has 0 fully saturated rings. The number of rotatable bonds is 6. The fraction of sp³-hybridized carbons (Fsp3) is 0.351. The summed E-state index contributed by atoms with van der Waals surface area (Å²) in [6.07, 6.45) is 4.26. The van der Waals surface area contributed by atoms with Crippen LogP contribution in [0.2, 0.25) is 0 Å². The normalized spacial score (nSPS) is 15.0. The smallest absolute Gasteiger partial charge is 0.193 e. The molecule has 1 aliphatic heterocycles. The van der Waals surface area contributed by atoms with E-state index >= 15 is 0 Å². The first-order chi connectivity index (χ1) is 19.5. The Kier molecular flexibility index (Phi) is 9.46. The molecular weight excluding hydrogens is 611 g/mol. The summed E-state index contributed by atoms with van der Waals surface area (Å²) in [6.45, 7) is 17.7. The standard InChI is InChI=1S/C37H42N2O2.Pd/c1-22(2)26-15-11-16-27(23(3)4)34(26)38-19-20-39(35-28(24(5)6)17-12-18-29(35)25(7)8)37(38)32-21-33(40)30-13-9-10-14-31(30)36(32)41;/h9-20,22-25H,21H2,1-8H3;. The molecule has 5 heteroatoms. The molecule has 2 aliphatic rings. The number of benzene rings is 3. The van der Waals surface area contributed by atoms with E-state index < -0.39 is 0 Å². The van der Waals surface area contributed by atoms with Gasteiger partial charge in [-0.2, -0.15) is 0 Å². The Hall–Kier alpha value is -3.26. The molecule has 42 heavy (non-hydrogen) atoms. The summed E-state index contributed by atoms with van der Waals surface area (Å²) in [7, 11) is 0. The molecule has 222 valence electrons. The Morgan fingerprint density at radius 2 is 0.929 bits per heavy atom. The zero-order valence-electron chi connectivity index (χ0n) is 26.0. The Bertz CT molecular complexity index is 1450. The van der Waals surface area contributed by atoms with E-state index in [0.717, 1.165) is 17.2 Å². The zero-order chi connectivity index (χ0) is 29.6. The van der Waals surface area contributed by atoms with Gasteiger partial charge in [-0.15, -0.1) is 0 Å². The second kappa shape index (κ2) is 12.5. The molecule has 5 rings (SSSR count). The van der Waals surface area contributed by atoms with E-state index in [2.05, 4.69) is 114 Å². The van der Waals surface area contributed by atoms with Crippen molar-refractivity contribution in [2.24, 2.45) is 0 Å². The molecule has 0 N–H and O–H groups in total. The van der Waals surface area contributed by atoms with Crippen molar-refractivity contribution in [2.45, 2.75) is 85.5 Å². The summed E-state index contributed by atoms with van der Waals surface area (Å²) in [5.74, 6) is 1.77. The maximum atomic E-state index is 14.3. The number of anilines is 2. The second-order valence-electron chi connectivity index (χ2n) is 12.5. The number of hydrogen-bond acceptors (Lipinski definition) is 4. The third-order valence-electron chi connectivity index (χ3n) is 8.34. The van der Waals surface area contributed by atoms with Gasteiger partial charge in [0.25, 0.3) is 0 Å². The number of Topliss-reactive ketones (excluding diaryl/α,β-unsaturated/α-hetero) is 2. The van der Waals surface area contributed by atoms with Gasteiger partial charge in [-0.1, -0.05) is 116 Å². The molecule has 0 bridgehead atoms. The molecule has 0 amide bonds. The van der Waals surface area contributed by atoms with Crippen LogP contribution in [0.25, 0.3) is 0 Å². The van der Waals surface area contributed by atoms with Crippen LogP contribution in [-0.2, 0) is 20.4 Å². The molecule has 1 aliphatic carbocycles. The number of carbonyl (C=O) groups is 2. The molecule has 0 unspecified atom stereocenters. The van der Waals surface area contributed by atoms with Crippen LogP contribution in [0.5, 0.6) is 0 Å². The van der Waals surface area contributed by atoms with Crippen molar-refractivity contribution in [3.05, 3.63) is 118 Å². The van der Waals surface area contributed by atoms with Crippen molar-refractivity contribution >= 4 is 22.9 Å². The van der Waals surface area contributed by atoms with E-state index in [1.165, 1.54) is 22.3 Å². The van der Waals surface area contributed by atoms with Crippen LogP contribution < -0.4 is 9.80 Å². The molecule has 0 saturated carbocycles. The molecular formula is C37H42N2O2Pd. The van der Waals surface area contributed by atoms with Gasteiger partial charge in [0, 0.05) is 55.9 Å². The van der Waals surface area contributed by atoms with E-state index in [1.807, 2.05) is 12.1 Å². The predicted octanol–water partition coefficient (Wildman–Crippen LogP) is 9.66. The molecule has 0 saturated heterocycles. The van der Waals surface area contributed by atoms with Crippen LogP contribution in [0.3, 0.4) is 0 Å². The summed E-state index contributed by atoms with van der Waals surface area (Å²) in [5, 5.41) is 0. The first-order valence-corrected chi connectivity index (χ1v) is 14.9. The van der Waals surface area contributed by atoms with E-state index in [9.17, 15) is 9.59 Å². The Morgan fingerprint density at radius 1 is 0.548 bits per heavy atom. The van der Waals surface area contributed by atoms with E-state index in [4.69, 9.17) is 0 Å². The van der Waals surface area contributed by atoms with E-state index in [-0.39, 0.29) is 62.1 Å². The van der Waals surface area contributed by atoms with E-state index in [0.29, 0.717) is 16.7 Å². The number of nitrogens with zero attached hydrogens (tertiary/aromatic N) is 2. The Labute approximate surface area is 265 Å². The fourth-order valence-electron chi connectivity index (χ4n) is 6.23. The van der Waals surface area contributed by atoms with Crippen LogP contribution in [0.1, 0.15) is 128 Å². The van der Waals surface area contributed by atoms with Crippen LogP contribution in [0.15, 0.2) is 84.5 Å². The fourth-order valence-corrected chi connectivity index (χ4v) is 6.23. The number of allylic oxidation sites excluding steroid dienone is 1. The molecule has 0 atom stereocenters. The van der Waals surface area contributed by atoms with Gasteiger partial charge in [-0.05, 0) is 45.9 Å². The third-order valence-corrected chi connectivity index (χ3v) is 8.34. The van der Waals surface area contributed by atoms with Gasteiger partial charge in [-0.25, -0.2) is 0 Å². The van der Waals surface area contributed by atoms with Gasteiger partial charge in [0.05, 0.1) is 11.4 Å². The summed E-state index contributed by atoms with van der Waals surface area (Å²) in [4.78, 5) is 32.2. The molecule has 3 aromatic rings. The number of ketones is 2. The van der Waals surface area contributed by atoms with Gasteiger partial charge >= 0.3 is 0 Å². The summed E-state index contributed by atoms with van der Waals surface area (Å²) in [5.41, 5.74) is 8.63. The average molecular weight is 653 g/mol. The minimum absolute atomic E-state index is 0. The molecule has 3 aromatic carbocycles. The monoisotopic (exact) mass is 652 g/mol. The summed E-state index contributed by atoms with van der Waals surface area (Å²) < 4.78 is 0. The largest absolute Gasteiger partial charge is 0.301 e. The number of hydrogen-bond donors (Lipinski definition) is 0. The van der Waals surface area contributed by atoms with Crippen molar-refractivity contribution < 1.29 is 30.0 Å².